The van der Waals surface area contributed by atoms with Gasteiger partial charge in [0.05, 0.1) is 12.8 Å². The van der Waals surface area contributed by atoms with Crippen molar-refractivity contribution in [2.24, 2.45) is 0 Å². The zero-order valence-electron chi connectivity index (χ0n) is 12.6. The van der Waals surface area contributed by atoms with E-state index in [4.69, 9.17) is 16.3 Å². The SMILES string of the molecule is CCCN(CCC)C(=O)C(=O)Nc1cc(Cl)ccc1OC. The van der Waals surface area contributed by atoms with E-state index in [1.165, 1.54) is 7.11 Å². The minimum Gasteiger partial charge on any atom is -0.495 e. The highest BCUT2D eigenvalue weighted by Crippen LogP contribution is 2.27. The van der Waals surface area contributed by atoms with Gasteiger partial charge in [0.15, 0.2) is 0 Å². The van der Waals surface area contributed by atoms with Crippen LogP contribution in [0.15, 0.2) is 18.2 Å². The van der Waals surface area contributed by atoms with Crippen molar-refractivity contribution in [3.05, 3.63) is 23.2 Å². The fourth-order valence-electron chi connectivity index (χ4n) is 1.95. The number of methoxy groups -OCH3 is 1. The van der Waals surface area contributed by atoms with Gasteiger partial charge in [-0.1, -0.05) is 25.4 Å². The molecule has 0 radical (unpaired) electrons. The lowest BCUT2D eigenvalue weighted by molar-refractivity contribution is -0.143. The molecular weight excluding hydrogens is 292 g/mol. The lowest BCUT2D eigenvalue weighted by Crippen LogP contribution is -2.40. The molecule has 0 aliphatic carbocycles. The van der Waals surface area contributed by atoms with Crippen LogP contribution in [0.2, 0.25) is 5.02 Å². The maximum Gasteiger partial charge on any atom is 0.314 e. The summed E-state index contributed by atoms with van der Waals surface area (Å²) >= 11 is 5.90. The Kier molecular flexibility index (Phi) is 7.02. The molecule has 0 unspecified atom stereocenters. The summed E-state index contributed by atoms with van der Waals surface area (Å²) < 4.78 is 5.14. The molecule has 0 fully saturated rings. The number of rotatable bonds is 6. The minimum atomic E-state index is -0.683. The molecule has 0 bridgehead atoms. The third-order valence-corrected chi connectivity index (χ3v) is 3.11. The van der Waals surface area contributed by atoms with Crippen molar-refractivity contribution in [2.45, 2.75) is 26.7 Å². The number of nitrogens with zero attached hydrogens (tertiary/aromatic N) is 1. The van der Waals surface area contributed by atoms with Gasteiger partial charge in [-0.25, -0.2) is 0 Å². The third-order valence-electron chi connectivity index (χ3n) is 2.88. The van der Waals surface area contributed by atoms with Gasteiger partial charge in [-0.15, -0.1) is 0 Å². The molecule has 0 saturated heterocycles. The molecule has 1 aromatic carbocycles. The Bertz CT molecular complexity index is 500. The second kappa shape index (κ2) is 8.52. The number of carbonyl (C=O) groups excluding carboxylic acids is 2. The maximum absolute atomic E-state index is 12.2. The van der Waals surface area contributed by atoms with Gasteiger partial charge in [0.2, 0.25) is 0 Å². The molecule has 5 nitrogen and oxygen atoms in total. The maximum atomic E-state index is 12.2. The second-order valence-corrected chi connectivity index (χ2v) is 5.03. The number of anilines is 1. The summed E-state index contributed by atoms with van der Waals surface area (Å²) in [5, 5.41) is 3.02. The van der Waals surface area contributed by atoms with Gasteiger partial charge in [0.25, 0.3) is 0 Å². The fraction of sp³-hybridized carbons (Fsp3) is 0.467. The standard InChI is InChI=1S/C15H21ClN2O3/c1-4-8-18(9-5-2)15(20)14(19)17-12-10-11(16)6-7-13(12)21-3/h6-7,10H,4-5,8-9H2,1-3H3,(H,17,19). The summed E-state index contributed by atoms with van der Waals surface area (Å²) in [6, 6.07) is 4.84. The van der Waals surface area contributed by atoms with Gasteiger partial charge >= 0.3 is 11.8 Å². The van der Waals surface area contributed by atoms with Crippen LogP contribution in [0.3, 0.4) is 0 Å². The normalized spacial score (nSPS) is 10.1. The Hall–Kier alpha value is -1.75. The fourth-order valence-corrected chi connectivity index (χ4v) is 2.12. The highest BCUT2D eigenvalue weighted by atomic mass is 35.5. The number of amides is 2. The summed E-state index contributed by atoms with van der Waals surface area (Å²) in [6.07, 6.45) is 1.61. The number of benzene rings is 1. The lowest BCUT2D eigenvalue weighted by atomic mass is 10.2. The van der Waals surface area contributed by atoms with E-state index in [-0.39, 0.29) is 0 Å². The summed E-state index contributed by atoms with van der Waals surface area (Å²) in [5.74, 6) is -0.767. The van der Waals surface area contributed by atoms with Gasteiger partial charge in [0, 0.05) is 18.1 Å². The lowest BCUT2D eigenvalue weighted by Gasteiger charge is -2.21. The van der Waals surface area contributed by atoms with Crippen molar-refractivity contribution in [1.29, 1.82) is 0 Å². The molecule has 0 heterocycles. The van der Waals surface area contributed by atoms with Gasteiger partial charge in [-0.05, 0) is 31.0 Å². The summed E-state index contributed by atoms with van der Waals surface area (Å²) in [6.45, 7) is 5.06. The van der Waals surface area contributed by atoms with Crippen molar-refractivity contribution in [3.8, 4) is 5.75 Å². The molecule has 0 spiro atoms. The first kappa shape index (κ1) is 17.3. The molecular formula is C15H21ClN2O3. The molecule has 0 aliphatic heterocycles. The number of ether oxygens (including phenoxy) is 1. The van der Waals surface area contributed by atoms with Gasteiger partial charge in [-0.2, -0.15) is 0 Å². The van der Waals surface area contributed by atoms with Crippen molar-refractivity contribution in [2.75, 3.05) is 25.5 Å². The zero-order valence-corrected chi connectivity index (χ0v) is 13.4. The van der Waals surface area contributed by atoms with Gasteiger partial charge in [0.1, 0.15) is 5.75 Å². The molecule has 0 saturated carbocycles. The van der Waals surface area contributed by atoms with Crippen molar-refractivity contribution < 1.29 is 14.3 Å². The molecule has 21 heavy (non-hydrogen) atoms. The molecule has 1 aromatic rings. The van der Waals surface area contributed by atoms with Crippen LogP contribution in [0.1, 0.15) is 26.7 Å². The Morgan fingerprint density at radius 1 is 1.24 bits per heavy atom. The first-order chi connectivity index (χ1) is 10.0. The Labute approximate surface area is 130 Å². The second-order valence-electron chi connectivity index (χ2n) is 4.59. The molecule has 0 aromatic heterocycles. The van der Waals surface area contributed by atoms with Crippen LogP contribution in [-0.2, 0) is 9.59 Å². The van der Waals surface area contributed by atoms with Crippen LogP contribution in [0.25, 0.3) is 0 Å². The largest absolute Gasteiger partial charge is 0.495 e. The van der Waals surface area contributed by atoms with E-state index in [2.05, 4.69) is 5.32 Å². The summed E-state index contributed by atoms with van der Waals surface area (Å²) in [4.78, 5) is 25.8. The summed E-state index contributed by atoms with van der Waals surface area (Å²) in [7, 11) is 1.49. The van der Waals surface area contributed by atoms with Crippen LogP contribution in [0.4, 0.5) is 5.69 Å². The molecule has 116 valence electrons. The molecule has 0 aliphatic rings. The van der Waals surface area contributed by atoms with E-state index >= 15 is 0 Å². The number of nitrogens with one attached hydrogen (secondary N) is 1. The van der Waals surface area contributed by atoms with E-state index in [1.54, 1.807) is 23.1 Å². The molecule has 0 atom stereocenters. The monoisotopic (exact) mass is 312 g/mol. The highest BCUT2D eigenvalue weighted by molar-refractivity contribution is 6.40. The highest BCUT2D eigenvalue weighted by Gasteiger charge is 2.21. The smallest absolute Gasteiger partial charge is 0.314 e. The van der Waals surface area contributed by atoms with Crippen LogP contribution in [0.5, 0.6) is 5.75 Å². The predicted molar refractivity (Wildman–Crippen MR) is 83.8 cm³/mol. The zero-order chi connectivity index (χ0) is 15.8. The van der Waals surface area contributed by atoms with Crippen LogP contribution in [-0.4, -0.2) is 36.9 Å². The summed E-state index contributed by atoms with van der Waals surface area (Å²) in [5.41, 5.74) is 0.385. The number of carbonyl (C=O) groups is 2. The first-order valence-corrected chi connectivity index (χ1v) is 7.35. The quantitative estimate of drug-likeness (QED) is 0.822. The topological polar surface area (TPSA) is 58.6 Å². The van der Waals surface area contributed by atoms with E-state index < -0.39 is 11.8 Å². The van der Waals surface area contributed by atoms with E-state index in [9.17, 15) is 9.59 Å². The van der Waals surface area contributed by atoms with Crippen LogP contribution in [0, 0.1) is 0 Å². The van der Waals surface area contributed by atoms with E-state index in [1.807, 2.05) is 13.8 Å². The van der Waals surface area contributed by atoms with Crippen LogP contribution >= 0.6 is 11.6 Å². The number of halogens is 1. The van der Waals surface area contributed by atoms with Gasteiger partial charge < -0.3 is 15.0 Å². The Balaban J connectivity index is 2.84. The van der Waals surface area contributed by atoms with Crippen molar-refractivity contribution in [3.63, 3.8) is 0 Å². The molecule has 6 heteroatoms. The first-order valence-electron chi connectivity index (χ1n) is 6.97. The molecule has 1 rings (SSSR count). The Morgan fingerprint density at radius 3 is 2.38 bits per heavy atom. The van der Waals surface area contributed by atoms with Crippen molar-refractivity contribution in [1.82, 2.24) is 4.90 Å². The predicted octanol–water partition coefficient (Wildman–Crippen LogP) is 2.94. The van der Waals surface area contributed by atoms with Crippen LogP contribution < -0.4 is 10.1 Å². The Morgan fingerprint density at radius 2 is 1.86 bits per heavy atom. The third kappa shape index (κ3) is 4.93. The van der Waals surface area contributed by atoms with Crippen molar-refractivity contribution >= 4 is 29.1 Å². The molecule has 1 N–H and O–H groups in total. The average Bonchev–Trinajstić information content (AvgIpc) is 2.46. The van der Waals surface area contributed by atoms with Gasteiger partial charge in [-0.3, -0.25) is 9.59 Å². The molecule has 2 amide bonds. The number of hydrogen-bond acceptors (Lipinski definition) is 3. The number of hydrogen-bond donors (Lipinski definition) is 1. The minimum absolute atomic E-state index is 0.385. The van der Waals surface area contributed by atoms with E-state index in [0.29, 0.717) is 29.5 Å². The average molecular weight is 313 g/mol. The van der Waals surface area contributed by atoms with E-state index in [0.717, 1.165) is 12.8 Å².